The van der Waals surface area contributed by atoms with E-state index in [0.29, 0.717) is 5.39 Å². The molecule has 2 aromatic carbocycles. The number of nitrogens with one attached hydrogen (secondary N) is 1. The van der Waals surface area contributed by atoms with Crippen LogP contribution in [0.2, 0.25) is 0 Å². The molecule has 3 rings (SSSR count). The van der Waals surface area contributed by atoms with E-state index in [4.69, 9.17) is 0 Å². The van der Waals surface area contributed by atoms with E-state index in [1.165, 1.54) is 0 Å². The van der Waals surface area contributed by atoms with E-state index < -0.39 is 9.84 Å². The molecule has 0 aliphatic heterocycles. The first-order valence-electron chi connectivity index (χ1n) is 5.48. The lowest BCUT2D eigenvalue weighted by Crippen LogP contribution is -2.00. The molecular weight excluding hydrogens is 246 g/mol. The highest BCUT2D eigenvalue weighted by Crippen LogP contribution is 2.27. The maximum absolute atomic E-state index is 12.5. The first kappa shape index (κ1) is 11.0. The van der Waals surface area contributed by atoms with E-state index in [1.54, 1.807) is 36.4 Å². The Morgan fingerprint density at radius 2 is 1.56 bits per heavy atom. The number of aromatic nitrogens is 1. The second-order valence-corrected chi connectivity index (χ2v) is 5.83. The first-order chi connectivity index (χ1) is 8.69. The van der Waals surface area contributed by atoms with Crippen LogP contribution >= 0.6 is 0 Å². The number of benzene rings is 2. The lowest BCUT2D eigenvalue weighted by atomic mass is 10.2. The molecule has 89 valence electrons. The Kier molecular flexibility index (Phi) is 2.45. The summed E-state index contributed by atoms with van der Waals surface area (Å²) in [6.45, 7) is 0. The summed E-state index contributed by atoms with van der Waals surface area (Å²) in [5, 5.41) is 0.668. The third kappa shape index (κ3) is 1.62. The molecule has 1 heterocycles. The van der Waals surface area contributed by atoms with Gasteiger partial charge < -0.3 is 4.98 Å². The third-order valence-electron chi connectivity index (χ3n) is 2.80. The van der Waals surface area contributed by atoms with Gasteiger partial charge in [0, 0.05) is 10.9 Å². The Morgan fingerprint density at radius 1 is 0.889 bits per heavy atom. The van der Waals surface area contributed by atoms with Gasteiger partial charge in [-0.05, 0) is 18.2 Å². The molecule has 3 aromatic rings. The first-order valence-corrected chi connectivity index (χ1v) is 6.96. The van der Waals surface area contributed by atoms with Crippen LogP contribution < -0.4 is 0 Å². The predicted octanol–water partition coefficient (Wildman–Crippen LogP) is 2.80. The average molecular weight is 256 g/mol. The van der Waals surface area contributed by atoms with Crippen molar-refractivity contribution < 1.29 is 8.42 Å². The smallest absolute Gasteiger partial charge is 0.209 e. The molecule has 0 amide bonds. The van der Waals surface area contributed by atoms with Gasteiger partial charge in [0.2, 0.25) is 9.84 Å². The van der Waals surface area contributed by atoms with E-state index in [0.717, 1.165) is 5.52 Å². The number of aromatic amines is 1. The Balaban J connectivity index is 2.27. The van der Waals surface area contributed by atoms with E-state index in [9.17, 15) is 8.42 Å². The van der Waals surface area contributed by atoms with Gasteiger partial charge in [-0.1, -0.05) is 36.4 Å². The molecule has 0 saturated heterocycles. The summed E-state index contributed by atoms with van der Waals surface area (Å²) in [5.74, 6) is 0. The number of para-hydroxylation sites is 1. The molecular formula is C14H10NO2S. The van der Waals surface area contributed by atoms with E-state index in [1.807, 2.05) is 18.2 Å². The lowest BCUT2D eigenvalue weighted by Gasteiger charge is -2.02. The Labute approximate surface area is 105 Å². The van der Waals surface area contributed by atoms with Crippen LogP contribution in [-0.2, 0) is 9.84 Å². The fourth-order valence-corrected chi connectivity index (χ4v) is 3.32. The zero-order valence-corrected chi connectivity index (χ0v) is 10.2. The molecule has 3 nitrogen and oxygen atoms in total. The maximum Gasteiger partial charge on any atom is 0.209 e. The summed E-state index contributed by atoms with van der Waals surface area (Å²) < 4.78 is 24.9. The van der Waals surface area contributed by atoms with Crippen molar-refractivity contribution in [2.24, 2.45) is 0 Å². The molecule has 1 N–H and O–H groups in total. The van der Waals surface area contributed by atoms with Crippen LogP contribution in [-0.4, -0.2) is 13.4 Å². The third-order valence-corrected chi connectivity index (χ3v) is 4.56. The molecule has 0 aliphatic rings. The van der Waals surface area contributed by atoms with Crippen molar-refractivity contribution in [3.63, 3.8) is 0 Å². The van der Waals surface area contributed by atoms with Crippen LogP contribution in [0.5, 0.6) is 0 Å². The van der Waals surface area contributed by atoms with Crippen molar-refractivity contribution in [3.05, 3.63) is 60.8 Å². The van der Waals surface area contributed by atoms with Gasteiger partial charge in [-0.3, -0.25) is 0 Å². The molecule has 0 atom stereocenters. The number of sulfone groups is 1. The highest BCUT2D eigenvalue weighted by molar-refractivity contribution is 7.91. The minimum Gasteiger partial charge on any atom is -0.352 e. The van der Waals surface area contributed by atoms with Crippen LogP contribution in [0.3, 0.4) is 0 Å². The van der Waals surface area contributed by atoms with Crippen molar-refractivity contribution >= 4 is 20.7 Å². The van der Waals surface area contributed by atoms with Gasteiger partial charge in [-0.25, -0.2) is 8.42 Å². The van der Waals surface area contributed by atoms with Crippen LogP contribution in [0, 0.1) is 6.20 Å². The Morgan fingerprint density at radius 3 is 2.33 bits per heavy atom. The van der Waals surface area contributed by atoms with Gasteiger partial charge in [0.15, 0.2) is 0 Å². The summed E-state index contributed by atoms with van der Waals surface area (Å²) in [6.07, 6.45) is 2.74. The van der Waals surface area contributed by atoms with Crippen LogP contribution in [0.25, 0.3) is 10.9 Å². The minimum absolute atomic E-state index is 0.198. The number of H-pyrrole nitrogens is 1. The topological polar surface area (TPSA) is 49.9 Å². The number of fused-ring (bicyclic) bond motifs is 1. The summed E-state index contributed by atoms with van der Waals surface area (Å²) in [5.41, 5.74) is 0.770. The molecule has 0 fully saturated rings. The molecule has 0 bridgehead atoms. The predicted molar refractivity (Wildman–Crippen MR) is 69.0 cm³/mol. The van der Waals surface area contributed by atoms with Crippen molar-refractivity contribution in [2.75, 3.05) is 0 Å². The summed E-state index contributed by atoms with van der Waals surface area (Å²) >= 11 is 0. The number of rotatable bonds is 2. The molecule has 0 saturated carbocycles. The summed E-state index contributed by atoms with van der Waals surface area (Å²) in [7, 11) is -3.51. The Bertz CT molecular complexity index is 789. The van der Waals surface area contributed by atoms with Crippen LogP contribution in [0.4, 0.5) is 0 Å². The second-order valence-electron chi connectivity index (χ2n) is 3.94. The van der Waals surface area contributed by atoms with Gasteiger partial charge in [-0.15, -0.1) is 0 Å². The monoisotopic (exact) mass is 256 g/mol. The molecule has 18 heavy (non-hydrogen) atoms. The number of hydrogen-bond acceptors (Lipinski definition) is 2. The quantitative estimate of drug-likeness (QED) is 0.766. The largest absolute Gasteiger partial charge is 0.352 e. The van der Waals surface area contributed by atoms with Crippen LogP contribution in [0.15, 0.2) is 64.4 Å². The second kappa shape index (κ2) is 3.99. The van der Waals surface area contributed by atoms with Gasteiger partial charge in [0.1, 0.15) is 4.90 Å². The minimum atomic E-state index is -3.51. The van der Waals surface area contributed by atoms with Crippen molar-refractivity contribution in [1.82, 2.24) is 4.98 Å². The molecule has 0 spiro atoms. The Hall–Kier alpha value is -2.07. The molecule has 1 aromatic heterocycles. The van der Waals surface area contributed by atoms with Gasteiger partial charge in [-0.2, -0.15) is 0 Å². The van der Waals surface area contributed by atoms with Crippen LogP contribution in [0.1, 0.15) is 0 Å². The normalized spacial score (nSPS) is 11.8. The standard InChI is InChI=1S/C14H10NO2S/c16-18(17,11-6-2-1-3-7-11)14-10-15-13-9-5-4-8-12(13)14/h1-9,15H. The SMILES string of the molecule is O=S(=O)(c1ccccc1)c1[c][nH]c2ccccc12. The lowest BCUT2D eigenvalue weighted by molar-refractivity contribution is 0.597. The maximum atomic E-state index is 12.5. The molecule has 0 unspecified atom stereocenters. The van der Waals surface area contributed by atoms with Gasteiger partial charge in [0.25, 0.3) is 0 Å². The summed E-state index contributed by atoms with van der Waals surface area (Å²) in [6, 6.07) is 15.7. The summed E-state index contributed by atoms with van der Waals surface area (Å²) in [4.78, 5) is 3.34. The fraction of sp³-hybridized carbons (Fsp3) is 0. The molecule has 1 radical (unpaired) electrons. The highest BCUT2D eigenvalue weighted by atomic mass is 32.2. The van der Waals surface area contributed by atoms with E-state index >= 15 is 0 Å². The molecule has 4 heteroatoms. The zero-order chi connectivity index (χ0) is 12.6. The zero-order valence-electron chi connectivity index (χ0n) is 9.42. The van der Waals surface area contributed by atoms with Gasteiger partial charge in [0.05, 0.1) is 11.1 Å². The van der Waals surface area contributed by atoms with Gasteiger partial charge >= 0.3 is 0 Å². The van der Waals surface area contributed by atoms with E-state index in [-0.39, 0.29) is 9.79 Å². The van der Waals surface area contributed by atoms with Crippen molar-refractivity contribution in [1.29, 1.82) is 0 Å². The van der Waals surface area contributed by atoms with Crippen molar-refractivity contribution in [2.45, 2.75) is 9.79 Å². The average Bonchev–Trinajstić information content (AvgIpc) is 2.84. The fourth-order valence-electron chi connectivity index (χ4n) is 1.91. The van der Waals surface area contributed by atoms with E-state index in [2.05, 4.69) is 11.2 Å². The number of hydrogen-bond donors (Lipinski definition) is 1. The van der Waals surface area contributed by atoms with Crippen molar-refractivity contribution in [3.8, 4) is 0 Å². The molecule has 0 aliphatic carbocycles. The highest BCUT2D eigenvalue weighted by Gasteiger charge is 2.21.